The first-order chi connectivity index (χ1) is 11.7. The lowest BCUT2D eigenvalue weighted by molar-refractivity contribution is -0.117. The number of nitrogens with zero attached hydrogens (tertiary/aromatic N) is 2. The second-order valence-corrected chi connectivity index (χ2v) is 7.30. The molecule has 0 bridgehead atoms. The smallest absolute Gasteiger partial charge is 0.243 e. The third kappa shape index (κ3) is 4.20. The molecule has 1 aromatic carbocycles. The Hall–Kier alpha value is -1.76. The number of hydrogen-bond acceptors (Lipinski definition) is 5. The van der Waals surface area contributed by atoms with Crippen LogP contribution in [0.25, 0.3) is 0 Å². The Morgan fingerprint density at radius 1 is 1.42 bits per heavy atom. The minimum absolute atomic E-state index is 0.135. The molecular formula is C18H24N4OS. The number of carbonyl (C=O) groups excluding carboxylic acids is 1. The van der Waals surface area contributed by atoms with Gasteiger partial charge in [-0.25, -0.2) is 4.98 Å². The van der Waals surface area contributed by atoms with Crippen molar-refractivity contribution >= 4 is 22.4 Å². The molecule has 1 aromatic heterocycles. The summed E-state index contributed by atoms with van der Waals surface area (Å²) in [5.74, 6) is -0.135. The van der Waals surface area contributed by atoms with Crippen LogP contribution in [-0.4, -0.2) is 28.4 Å². The van der Waals surface area contributed by atoms with Crippen LogP contribution in [0.2, 0.25) is 0 Å². The van der Waals surface area contributed by atoms with Crippen LogP contribution in [0.15, 0.2) is 30.3 Å². The fourth-order valence-corrected chi connectivity index (χ4v) is 3.97. The highest BCUT2D eigenvalue weighted by atomic mass is 32.1. The lowest BCUT2D eigenvalue weighted by atomic mass is 10.1. The molecule has 0 saturated heterocycles. The lowest BCUT2D eigenvalue weighted by Crippen LogP contribution is -2.35. The minimum Gasteiger partial charge on any atom is -0.320 e. The van der Waals surface area contributed by atoms with Crippen LogP contribution in [0.1, 0.15) is 35.9 Å². The Morgan fingerprint density at radius 2 is 2.21 bits per heavy atom. The fraction of sp³-hybridized carbons (Fsp3) is 0.444. The molecule has 1 amide bonds. The molecule has 3 N–H and O–H groups in total. The molecule has 128 valence electrons. The van der Waals surface area contributed by atoms with Gasteiger partial charge in [0, 0.05) is 30.9 Å². The van der Waals surface area contributed by atoms with E-state index in [4.69, 9.17) is 5.73 Å². The van der Waals surface area contributed by atoms with Gasteiger partial charge in [0.05, 0.1) is 11.7 Å². The number of benzene rings is 1. The molecule has 3 rings (SSSR count). The van der Waals surface area contributed by atoms with E-state index in [2.05, 4.69) is 39.5 Å². The van der Waals surface area contributed by atoms with Crippen LogP contribution in [-0.2, 0) is 24.3 Å². The van der Waals surface area contributed by atoms with E-state index in [9.17, 15) is 4.79 Å². The summed E-state index contributed by atoms with van der Waals surface area (Å²) in [7, 11) is 0. The van der Waals surface area contributed by atoms with Gasteiger partial charge in [0.1, 0.15) is 0 Å². The molecule has 2 aromatic rings. The number of amides is 1. The summed E-state index contributed by atoms with van der Waals surface area (Å²) in [6.07, 6.45) is 2.52. The topological polar surface area (TPSA) is 71.2 Å². The van der Waals surface area contributed by atoms with Crippen molar-refractivity contribution < 1.29 is 4.79 Å². The summed E-state index contributed by atoms with van der Waals surface area (Å²) in [5, 5.41) is 3.55. The molecule has 1 aliphatic rings. The van der Waals surface area contributed by atoms with Gasteiger partial charge >= 0.3 is 0 Å². The Balaban J connectivity index is 1.61. The van der Waals surface area contributed by atoms with E-state index < -0.39 is 6.04 Å². The highest BCUT2D eigenvalue weighted by Gasteiger charge is 2.22. The van der Waals surface area contributed by atoms with Crippen molar-refractivity contribution in [2.75, 3.05) is 11.9 Å². The normalized spacial score (nSPS) is 15.8. The predicted molar refractivity (Wildman–Crippen MR) is 97.9 cm³/mol. The maximum atomic E-state index is 12.0. The van der Waals surface area contributed by atoms with E-state index in [1.165, 1.54) is 10.4 Å². The van der Waals surface area contributed by atoms with E-state index in [1.54, 1.807) is 11.3 Å². The van der Waals surface area contributed by atoms with Crippen molar-refractivity contribution in [1.29, 1.82) is 0 Å². The zero-order valence-electron chi connectivity index (χ0n) is 14.0. The van der Waals surface area contributed by atoms with Crippen LogP contribution in [0.4, 0.5) is 5.13 Å². The molecule has 1 unspecified atom stereocenters. The van der Waals surface area contributed by atoms with Gasteiger partial charge in [-0.1, -0.05) is 43.7 Å². The van der Waals surface area contributed by atoms with Gasteiger partial charge in [-0.15, -0.1) is 11.3 Å². The van der Waals surface area contributed by atoms with Gasteiger partial charge in [-0.05, 0) is 12.0 Å². The van der Waals surface area contributed by atoms with E-state index >= 15 is 0 Å². The third-order valence-electron chi connectivity index (χ3n) is 4.23. The maximum absolute atomic E-state index is 12.0. The summed E-state index contributed by atoms with van der Waals surface area (Å²) < 4.78 is 0. The predicted octanol–water partition coefficient (Wildman–Crippen LogP) is 2.77. The van der Waals surface area contributed by atoms with Gasteiger partial charge in [0.15, 0.2) is 5.13 Å². The lowest BCUT2D eigenvalue weighted by Gasteiger charge is -2.25. The average Bonchev–Trinajstić information content (AvgIpc) is 2.97. The Kier molecular flexibility index (Phi) is 5.60. The average molecular weight is 344 g/mol. The molecule has 2 heterocycles. The molecule has 24 heavy (non-hydrogen) atoms. The van der Waals surface area contributed by atoms with E-state index in [1.807, 2.05) is 13.0 Å². The SMILES string of the molecule is CCCC(N)C(=O)Nc1nc2c(s1)CN(Cc1ccccc1)CC2. The van der Waals surface area contributed by atoms with Gasteiger partial charge in [0.25, 0.3) is 0 Å². The molecule has 0 radical (unpaired) electrons. The van der Waals surface area contributed by atoms with Gasteiger partial charge in [0.2, 0.25) is 5.91 Å². The zero-order valence-corrected chi connectivity index (χ0v) is 14.8. The van der Waals surface area contributed by atoms with E-state index in [0.717, 1.165) is 38.2 Å². The number of nitrogens with two attached hydrogens (primary N) is 1. The molecule has 0 fully saturated rings. The fourth-order valence-electron chi connectivity index (χ4n) is 2.92. The number of fused-ring (bicyclic) bond motifs is 1. The highest BCUT2D eigenvalue weighted by Crippen LogP contribution is 2.29. The number of rotatable bonds is 6. The monoisotopic (exact) mass is 344 g/mol. The molecule has 5 nitrogen and oxygen atoms in total. The quantitative estimate of drug-likeness (QED) is 0.845. The summed E-state index contributed by atoms with van der Waals surface area (Å²) >= 11 is 1.57. The number of hydrogen-bond donors (Lipinski definition) is 2. The highest BCUT2D eigenvalue weighted by molar-refractivity contribution is 7.15. The maximum Gasteiger partial charge on any atom is 0.243 e. The number of carbonyl (C=O) groups is 1. The van der Waals surface area contributed by atoms with Crippen LogP contribution in [0.5, 0.6) is 0 Å². The first kappa shape index (κ1) is 17.1. The third-order valence-corrected chi connectivity index (χ3v) is 5.22. The van der Waals surface area contributed by atoms with Crippen molar-refractivity contribution in [3.8, 4) is 0 Å². The molecule has 6 heteroatoms. The molecule has 0 spiro atoms. The summed E-state index contributed by atoms with van der Waals surface area (Å²) in [5.41, 5.74) is 8.30. The van der Waals surface area contributed by atoms with Gasteiger partial charge < -0.3 is 11.1 Å². The molecule has 1 atom stereocenters. The van der Waals surface area contributed by atoms with Crippen molar-refractivity contribution in [1.82, 2.24) is 9.88 Å². The Labute approximate surface area is 146 Å². The van der Waals surface area contributed by atoms with E-state index in [-0.39, 0.29) is 5.91 Å². The minimum atomic E-state index is -0.453. The number of anilines is 1. The number of thiazole rings is 1. The van der Waals surface area contributed by atoms with Gasteiger partial charge in [-0.2, -0.15) is 0 Å². The molecule has 1 aliphatic heterocycles. The zero-order chi connectivity index (χ0) is 16.9. The van der Waals surface area contributed by atoms with Crippen LogP contribution in [0, 0.1) is 0 Å². The molecular weight excluding hydrogens is 320 g/mol. The Morgan fingerprint density at radius 3 is 2.96 bits per heavy atom. The summed E-state index contributed by atoms with van der Waals surface area (Å²) in [4.78, 5) is 20.3. The van der Waals surface area contributed by atoms with Gasteiger partial charge in [-0.3, -0.25) is 9.69 Å². The second kappa shape index (κ2) is 7.88. The molecule has 0 aliphatic carbocycles. The molecule has 0 saturated carbocycles. The number of aromatic nitrogens is 1. The summed E-state index contributed by atoms with van der Waals surface area (Å²) in [6.45, 7) is 4.85. The first-order valence-electron chi connectivity index (χ1n) is 8.47. The summed E-state index contributed by atoms with van der Waals surface area (Å²) in [6, 6.07) is 10.0. The standard InChI is InChI=1S/C18H24N4OS/c1-2-6-14(19)17(23)21-18-20-15-9-10-22(12-16(15)24-18)11-13-7-4-3-5-8-13/h3-5,7-8,14H,2,6,9-12,19H2,1H3,(H,20,21,23). The first-order valence-corrected chi connectivity index (χ1v) is 9.28. The second-order valence-electron chi connectivity index (χ2n) is 6.22. The van der Waals surface area contributed by atoms with Crippen molar-refractivity contribution in [2.24, 2.45) is 5.73 Å². The van der Waals surface area contributed by atoms with E-state index in [0.29, 0.717) is 11.6 Å². The van der Waals surface area contributed by atoms with Crippen LogP contribution < -0.4 is 11.1 Å². The van der Waals surface area contributed by atoms with Crippen LogP contribution >= 0.6 is 11.3 Å². The van der Waals surface area contributed by atoms with Crippen LogP contribution in [0.3, 0.4) is 0 Å². The van der Waals surface area contributed by atoms with Crippen molar-refractivity contribution in [2.45, 2.75) is 45.3 Å². The largest absolute Gasteiger partial charge is 0.320 e. The number of nitrogens with one attached hydrogen (secondary N) is 1. The van der Waals surface area contributed by atoms with Crippen molar-refractivity contribution in [3.05, 3.63) is 46.5 Å². The van der Waals surface area contributed by atoms with Crippen molar-refractivity contribution in [3.63, 3.8) is 0 Å². The Bertz CT molecular complexity index is 686.